The van der Waals surface area contributed by atoms with Gasteiger partial charge in [-0.15, -0.1) is 0 Å². The third-order valence-corrected chi connectivity index (χ3v) is 7.99. The largest absolute Gasteiger partial charge is 0.493 e. The smallest absolute Gasteiger partial charge is 0.254 e. The fraction of sp³-hybridized carbons (Fsp3) is 0.346. The summed E-state index contributed by atoms with van der Waals surface area (Å²) >= 11 is 3.43. The van der Waals surface area contributed by atoms with Crippen LogP contribution in [0.25, 0.3) is 0 Å². The van der Waals surface area contributed by atoms with Crippen molar-refractivity contribution >= 4 is 34.0 Å². The number of nitrogens with zero attached hydrogens (tertiary/aromatic N) is 2. The van der Waals surface area contributed by atoms with Gasteiger partial charge in [0, 0.05) is 4.47 Å². The summed E-state index contributed by atoms with van der Waals surface area (Å²) in [5, 5.41) is 5.40. The van der Waals surface area contributed by atoms with Crippen LogP contribution < -0.4 is 9.47 Å². The fourth-order valence-electron chi connectivity index (χ4n) is 5.80. The Bertz CT molecular complexity index is 1160. The molecule has 1 saturated heterocycles. The SMILES string of the molecule is COc1cc(/C=N\N2C(=O)[C@@H]3[C@H]4C=C[C@@H]([C@@H]5C[C@@H]45)[C@@H]3C2=O)ccc1OCc1ccc(Br)cc1. The van der Waals surface area contributed by atoms with Crippen LogP contribution >= 0.6 is 15.9 Å². The van der Waals surface area contributed by atoms with Gasteiger partial charge in [0.15, 0.2) is 11.5 Å². The van der Waals surface area contributed by atoms with Crippen LogP contribution in [-0.2, 0) is 16.2 Å². The number of hydrazone groups is 1. The van der Waals surface area contributed by atoms with Gasteiger partial charge in [-0.3, -0.25) is 9.59 Å². The standard InChI is InChI=1S/C26H23BrN2O4/c1-32-22-10-15(4-9-21(22)33-13-14-2-5-16(27)6-3-14)12-28-29-25(30)23-17-7-8-18(20-11-19(17)20)24(23)26(29)31/h2-10,12,17-20,23-24H,11,13H2,1H3/b28-12-/t17-,18-,19-,20-,23-,24+/m0/s1. The molecule has 7 rings (SSSR count). The van der Waals surface area contributed by atoms with Crippen LogP contribution in [0.3, 0.4) is 0 Å². The van der Waals surface area contributed by atoms with E-state index in [0.717, 1.165) is 27.0 Å². The zero-order valence-corrected chi connectivity index (χ0v) is 19.6. The van der Waals surface area contributed by atoms with Gasteiger partial charge < -0.3 is 9.47 Å². The van der Waals surface area contributed by atoms with E-state index in [2.05, 4.69) is 33.2 Å². The van der Waals surface area contributed by atoms with Crippen molar-refractivity contribution in [1.82, 2.24) is 5.01 Å². The molecule has 2 saturated carbocycles. The molecule has 0 N–H and O–H groups in total. The Morgan fingerprint density at radius 1 is 1.00 bits per heavy atom. The topological polar surface area (TPSA) is 68.2 Å². The molecule has 1 heterocycles. The lowest BCUT2D eigenvalue weighted by molar-refractivity contribution is -0.140. The van der Waals surface area contributed by atoms with Crippen molar-refractivity contribution < 1.29 is 19.1 Å². The molecular formula is C26H23BrN2O4. The molecule has 2 aromatic carbocycles. The lowest BCUT2D eigenvalue weighted by Gasteiger charge is -2.37. The van der Waals surface area contributed by atoms with Crippen molar-refractivity contribution in [2.45, 2.75) is 13.0 Å². The molecular weight excluding hydrogens is 484 g/mol. The van der Waals surface area contributed by atoms with Crippen LogP contribution in [0.2, 0.25) is 0 Å². The Hall–Kier alpha value is -2.93. The molecule has 33 heavy (non-hydrogen) atoms. The predicted octanol–water partition coefficient (Wildman–Crippen LogP) is 4.42. The number of rotatable bonds is 6. The van der Waals surface area contributed by atoms with E-state index in [4.69, 9.17) is 9.47 Å². The van der Waals surface area contributed by atoms with Gasteiger partial charge in [0.2, 0.25) is 0 Å². The highest BCUT2D eigenvalue weighted by Crippen LogP contribution is 2.65. The summed E-state index contributed by atoms with van der Waals surface area (Å²) in [6, 6.07) is 13.4. The number of hydrogen-bond acceptors (Lipinski definition) is 5. The Kier molecular flexibility index (Phi) is 4.91. The van der Waals surface area contributed by atoms with Gasteiger partial charge in [0.05, 0.1) is 25.2 Å². The molecule has 4 aliphatic carbocycles. The summed E-state index contributed by atoms with van der Waals surface area (Å²) in [7, 11) is 1.58. The van der Waals surface area contributed by atoms with E-state index in [9.17, 15) is 9.59 Å². The number of amides is 2. The molecule has 7 heteroatoms. The number of ether oxygens (including phenoxy) is 2. The molecule has 0 spiro atoms. The summed E-state index contributed by atoms with van der Waals surface area (Å²) in [6.45, 7) is 0.412. The van der Waals surface area contributed by atoms with Crippen molar-refractivity contribution in [3.05, 3.63) is 70.2 Å². The first-order chi connectivity index (χ1) is 16.0. The predicted molar refractivity (Wildman–Crippen MR) is 126 cm³/mol. The van der Waals surface area contributed by atoms with E-state index in [1.165, 1.54) is 0 Å². The van der Waals surface area contributed by atoms with E-state index in [0.29, 0.717) is 29.9 Å². The highest BCUT2D eigenvalue weighted by atomic mass is 79.9. The molecule has 3 fully saturated rings. The molecule has 0 aromatic heterocycles. The Morgan fingerprint density at radius 3 is 2.30 bits per heavy atom. The second-order valence-corrected chi connectivity index (χ2v) is 10.1. The van der Waals surface area contributed by atoms with Crippen LogP contribution in [0.4, 0.5) is 0 Å². The average molecular weight is 507 g/mol. The lowest BCUT2D eigenvalue weighted by atomic mass is 9.63. The third kappa shape index (κ3) is 3.41. The van der Waals surface area contributed by atoms with Crippen LogP contribution in [-0.4, -0.2) is 30.1 Å². The van der Waals surface area contributed by atoms with Crippen LogP contribution in [0.15, 0.2) is 64.2 Å². The van der Waals surface area contributed by atoms with Gasteiger partial charge in [-0.1, -0.05) is 40.2 Å². The number of benzene rings is 2. The fourth-order valence-corrected chi connectivity index (χ4v) is 6.07. The van der Waals surface area contributed by atoms with Gasteiger partial charge >= 0.3 is 0 Å². The minimum atomic E-state index is -0.239. The molecule has 6 nitrogen and oxygen atoms in total. The van der Waals surface area contributed by atoms with Crippen LogP contribution in [0.5, 0.6) is 11.5 Å². The third-order valence-electron chi connectivity index (χ3n) is 7.46. The van der Waals surface area contributed by atoms with Crippen molar-refractivity contribution in [2.75, 3.05) is 7.11 Å². The summed E-state index contributed by atoms with van der Waals surface area (Å²) in [4.78, 5) is 26.1. The molecule has 2 aromatic rings. The number of hydrogen-bond donors (Lipinski definition) is 0. The molecule has 1 aliphatic heterocycles. The minimum Gasteiger partial charge on any atom is -0.493 e. The number of carbonyl (C=O) groups is 2. The molecule has 6 atom stereocenters. The number of imide groups is 1. The molecule has 0 radical (unpaired) electrons. The summed E-state index contributed by atoms with van der Waals surface area (Å²) in [5.74, 6) is 1.93. The number of carbonyl (C=O) groups excluding carboxylic acids is 2. The highest BCUT2D eigenvalue weighted by Gasteiger charge is 2.67. The Balaban J connectivity index is 1.17. The minimum absolute atomic E-state index is 0.160. The second-order valence-electron chi connectivity index (χ2n) is 9.21. The maximum Gasteiger partial charge on any atom is 0.254 e. The van der Waals surface area contributed by atoms with Crippen molar-refractivity contribution in [2.24, 2.45) is 40.6 Å². The maximum atomic E-state index is 13.1. The molecule has 5 aliphatic rings. The number of allylic oxidation sites excluding steroid dienone is 2. The second kappa shape index (κ2) is 7.83. The Morgan fingerprint density at radius 2 is 1.67 bits per heavy atom. The monoisotopic (exact) mass is 506 g/mol. The van der Waals surface area contributed by atoms with Gasteiger partial charge in [-0.2, -0.15) is 10.1 Å². The van der Waals surface area contributed by atoms with Gasteiger partial charge in [-0.05, 0) is 71.6 Å². The average Bonchev–Trinajstić information content (AvgIpc) is 3.62. The van der Waals surface area contributed by atoms with Gasteiger partial charge in [-0.25, -0.2) is 0 Å². The van der Waals surface area contributed by atoms with Crippen molar-refractivity contribution in [1.29, 1.82) is 0 Å². The lowest BCUT2D eigenvalue weighted by Crippen LogP contribution is -2.40. The van der Waals surface area contributed by atoms with E-state index in [1.54, 1.807) is 19.4 Å². The van der Waals surface area contributed by atoms with E-state index < -0.39 is 0 Å². The first kappa shape index (κ1) is 20.7. The molecule has 2 bridgehead atoms. The maximum absolute atomic E-state index is 13.1. The van der Waals surface area contributed by atoms with Crippen molar-refractivity contribution in [3.8, 4) is 11.5 Å². The highest BCUT2D eigenvalue weighted by molar-refractivity contribution is 9.10. The summed E-state index contributed by atoms with van der Waals surface area (Å²) in [6.07, 6.45) is 7.02. The number of halogens is 1. The normalized spacial score (nSPS) is 31.2. The summed E-state index contributed by atoms with van der Waals surface area (Å²) < 4.78 is 12.4. The van der Waals surface area contributed by atoms with Gasteiger partial charge in [0.1, 0.15) is 6.61 Å². The summed E-state index contributed by atoms with van der Waals surface area (Å²) in [5.41, 5.74) is 1.77. The van der Waals surface area contributed by atoms with E-state index >= 15 is 0 Å². The van der Waals surface area contributed by atoms with Gasteiger partial charge in [0.25, 0.3) is 11.8 Å². The zero-order chi connectivity index (χ0) is 22.7. The van der Waals surface area contributed by atoms with E-state index in [1.807, 2.05) is 36.4 Å². The Labute approximate surface area is 200 Å². The first-order valence-corrected chi connectivity index (χ1v) is 12.0. The molecule has 2 amide bonds. The van der Waals surface area contributed by atoms with Crippen LogP contribution in [0, 0.1) is 35.5 Å². The van der Waals surface area contributed by atoms with Crippen molar-refractivity contribution in [3.63, 3.8) is 0 Å². The quantitative estimate of drug-likeness (QED) is 0.330. The number of methoxy groups -OCH3 is 1. The zero-order valence-electron chi connectivity index (χ0n) is 18.1. The van der Waals surface area contributed by atoms with E-state index in [-0.39, 0.29) is 35.5 Å². The van der Waals surface area contributed by atoms with Crippen LogP contribution in [0.1, 0.15) is 17.5 Å². The molecule has 0 unspecified atom stereocenters. The first-order valence-electron chi connectivity index (χ1n) is 11.2. The molecule has 168 valence electrons.